The van der Waals surface area contributed by atoms with Crippen LogP contribution in [-0.2, 0) is 0 Å². The smallest absolute Gasteiger partial charge is 0.387 e. The zero-order valence-electron chi connectivity index (χ0n) is 11.3. The van der Waals surface area contributed by atoms with Crippen molar-refractivity contribution in [1.82, 2.24) is 10.2 Å². The van der Waals surface area contributed by atoms with E-state index in [2.05, 4.69) is 10.1 Å². The Morgan fingerprint density at radius 2 is 2.00 bits per heavy atom. The minimum absolute atomic E-state index is 0.0757. The number of ether oxygens (including phenoxy) is 1. The number of nitrogens with zero attached hydrogens (tertiary/aromatic N) is 1. The number of nitrogens with one attached hydrogen (secondary N) is 1. The van der Waals surface area contributed by atoms with E-state index in [4.69, 9.17) is 0 Å². The minimum atomic E-state index is -2.94. The molecule has 1 amide bonds. The molecule has 1 fully saturated rings. The van der Waals surface area contributed by atoms with Gasteiger partial charge in [-0.15, -0.1) is 0 Å². The summed E-state index contributed by atoms with van der Waals surface area (Å²) in [5, 5.41) is 3.22. The van der Waals surface area contributed by atoms with Crippen LogP contribution >= 0.6 is 0 Å². The summed E-state index contributed by atoms with van der Waals surface area (Å²) < 4.78 is 29.1. The Bertz CT molecular complexity index is 462. The van der Waals surface area contributed by atoms with Gasteiger partial charge < -0.3 is 15.0 Å². The molecule has 0 bridgehead atoms. The molecule has 0 radical (unpaired) electrons. The van der Waals surface area contributed by atoms with E-state index in [1.807, 2.05) is 0 Å². The molecule has 1 aromatic carbocycles. The molecular formula is C14H18F2N2O2. The van der Waals surface area contributed by atoms with E-state index >= 15 is 0 Å². The molecule has 110 valence electrons. The van der Waals surface area contributed by atoms with Crippen LogP contribution in [0.3, 0.4) is 0 Å². The van der Waals surface area contributed by atoms with Crippen LogP contribution in [0.1, 0.15) is 23.2 Å². The SMILES string of the molecule is CN(C(=O)c1ccccc1OC(F)F)C1CCNCC1. The average Bonchev–Trinajstić information content (AvgIpc) is 2.46. The van der Waals surface area contributed by atoms with Gasteiger partial charge in [0.15, 0.2) is 0 Å². The number of para-hydroxylation sites is 1. The van der Waals surface area contributed by atoms with Crippen molar-refractivity contribution in [1.29, 1.82) is 0 Å². The molecule has 0 saturated carbocycles. The van der Waals surface area contributed by atoms with Crippen molar-refractivity contribution in [2.75, 3.05) is 20.1 Å². The number of carbonyl (C=O) groups excluding carboxylic acids is 1. The van der Waals surface area contributed by atoms with Gasteiger partial charge in [-0.05, 0) is 38.1 Å². The van der Waals surface area contributed by atoms with Gasteiger partial charge in [-0.1, -0.05) is 12.1 Å². The number of halogens is 2. The van der Waals surface area contributed by atoms with E-state index < -0.39 is 6.61 Å². The first kappa shape index (κ1) is 14.7. The van der Waals surface area contributed by atoms with E-state index in [9.17, 15) is 13.6 Å². The fraction of sp³-hybridized carbons (Fsp3) is 0.500. The predicted octanol–water partition coefficient (Wildman–Crippen LogP) is 2.11. The summed E-state index contributed by atoms with van der Waals surface area (Å²) in [5.74, 6) is -0.360. The van der Waals surface area contributed by atoms with E-state index in [1.165, 1.54) is 12.1 Å². The van der Waals surface area contributed by atoms with Crippen LogP contribution in [-0.4, -0.2) is 43.6 Å². The maximum Gasteiger partial charge on any atom is 0.387 e. The number of carbonyl (C=O) groups is 1. The first-order chi connectivity index (χ1) is 9.59. The van der Waals surface area contributed by atoms with Gasteiger partial charge in [-0.2, -0.15) is 8.78 Å². The van der Waals surface area contributed by atoms with Crippen LogP contribution in [0.15, 0.2) is 24.3 Å². The maximum atomic E-state index is 12.4. The Hall–Kier alpha value is -1.69. The first-order valence-corrected chi connectivity index (χ1v) is 6.61. The Labute approximate surface area is 116 Å². The van der Waals surface area contributed by atoms with E-state index in [0.29, 0.717) is 0 Å². The summed E-state index contributed by atoms with van der Waals surface area (Å²) in [6.07, 6.45) is 1.72. The Morgan fingerprint density at radius 1 is 1.35 bits per heavy atom. The third kappa shape index (κ3) is 3.45. The van der Waals surface area contributed by atoms with E-state index in [1.54, 1.807) is 24.1 Å². The van der Waals surface area contributed by atoms with E-state index in [0.717, 1.165) is 25.9 Å². The molecule has 0 aromatic heterocycles. The zero-order valence-corrected chi connectivity index (χ0v) is 11.3. The van der Waals surface area contributed by atoms with Crippen LogP contribution < -0.4 is 10.1 Å². The van der Waals surface area contributed by atoms with Crippen LogP contribution in [0.4, 0.5) is 8.78 Å². The van der Waals surface area contributed by atoms with Crippen molar-refractivity contribution in [3.63, 3.8) is 0 Å². The van der Waals surface area contributed by atoms with Gasteiger partial charge >= 0.3 is 6.61 Å². The lowest BCUT2D eigenvalue weighted by Crippen LogP contribution is -2.44. The number of amides is 1. The molecule has 0 spiro atoms. The second kappa shape index (κ2) is 6.65. The average molecular weight is 284 g/mol. The number of benzene rings is 1. The van der Waals surface area contributed by atoms with Crippen molar-refractivity contribution in [3.05, 3.63) is 29.8 Å². The normalized spacial score (nSPS) is 16.2. The lowest BCUT2D eigenvalue weighted by molar-refractivity contribution is -0.0503. The Kier molecular flexibility index (Phi) is 4.89. The molecule has 1 heterocycles. The summed E-state index contributed by atoms with van der Waals surface area (Å²) in [5.41, 5.74) is 0.175. The van der Waals surface area contributed by atoms with Crippen molar-refractivity contribution >= 4 is 5.91 Å². The first-order valence-electron chi connectivity index (χ1n) is 6.61. The molecule has 1 saturated heterocycles. The Morgan fingerprint density at radius 3 is 2.65 bits per heavy atom. The summed E-state index contributed by atoms with van der Waals surface area (Å²) in [6, 6.07) is 6.23. The third-order valence-corrected chi connectivity index (χ3v) is 3.51. The minimum Gasteiger partial charge on any atom is -0.434 e. The molecule has 20 heavy (non-hydrogen) atoms. The van der Waals surface area contributed by atoms with Gasteiger partial charge in [0.25, 0.3) is 5.91 Å². The largest absolute Gasteiger partial charge is 0.434 e. The van der Waals surface area contributed by atoms with Gasteiger partial charge in [-0.3, -0.25) is 4.79 Å². The monoisotopic (exact) mass is 284 g/mol. The fourth-order valence-corrected chi connectivity index (χ4v) is 2.39. The lowest BCUT2D eigenvalue weighted by atomic mass is 10.0. The molecule has 6 heteroatoms. The second-order valence-electron chi connectivity index (χ2n) is 4.77. The number of hydrogen-bond acceptors (Lipinski definition) is 3. The quantitative estimate of drug-likeness (QED) is 0.920. The van der Waals surface area contributed by atoms with Gasteiger partial charge in [0.1, 0.15) is 5.75 Å². The van der Waals surface area contributed by atoms with Crippen LogP contribution in [0.2, 0.25) is 0 Å². The summed E-state index contributed by atoms with van der Waals surface area (Å²) in [6.45, 7) is -1.22. The van der Waals surface area contributed by atoms with Crippen molar-refractivity contribution < 1.29 is 18.3 Å². The molecule has 1 N–H and O–H groups in total. The zero-order chi connectivity index (χ0) is 14.5. The molecule has 1 aliphatic rings. The summed E-state index contributed by atoms with van der Waals surface area (Å²) in [7, 11) is 1.71. The van der Waals surface area contributed by atoms with Crippen molar-refractivity contribution in [2.24, 2.45) is 0 Å². The van der Waals surface area contributed by atoms with Crippen molar-refractivity contribution in [3.8, 4) is 5.75 Å². The maximum absolute atomic E-state index is 12.4. The number of hydrogen-bond donors (Lipinski definition) is 1. The summed E-state index contributed by atoms with van der Waals surface area (Å²) in [4.78, 5) is 14.0. The highest BCUT2D eigenvalue weighted by molar-refractivity contribution is 5.97. The topological polar surface area (TPSA) is 41.6 Å². The fourth-order valence-electron chi connectivity index (χ4n) is 2.39. The highest BCUT2D eigenvalue weighted by Gasteiger charge is 2.25. The molecular weight excluding hydrogens is 266 g/mol. The summed E-state index contributed by atoms with van der Waals surface area (Å²) >= 11 is 0. The highest BCUT2D eigenvalue weighted by atomic mass is 19.3. The highest BCUT2D eigenvalue weighted by Crippen LogP contribution is 2.23. The molecule has 0 aliphatic carbocycles. The van der Waals surface area contributed by atoms with E-state index in [-0.39, 0.29) is 23.3 Å². The molecule has 0 atom stereocenters. The predicted molar refractivity (Wildman–Crippen MR) is 71.1 cm³/mol. The van der Waals surface area contributed by atoms with Crippen molar-refractivity contribution in [2.45, 2.75) is 25.5 Å². The Balaban J connectivity index is 2.15. The van der Waals surface area contributed by atoms with Gasteiger partial charge in [0, 0.05) is 13.1 Å². The number of alkyl halides is 2. The third-order valence-electron chi connectivity index (χ3n) is 3.51. The molecule has 1 aliphatic heterocycles. The second-order valence-corrected chi connectivity index (χ2v) is 4.77. The van der Waals surface area contributed by atoms with Crippen LogP contribution in [0.25, 0.3) is 0 Å². The molecule has 0 unspecified atom stereocenters. The van der Waals surface area contributed by atoms with Gasteiger partial charge in [0.05, 0.1) is 5.56 Å². The number of piperidine rings is 1. The number of rotatable bonds is 4. The molecule has 4 nitrogen and oxygen atoms in total. The van der Waals surface area contributed by atoms with Gasteiger partial charge in [-0.25, -0.2) is 0 Å². The lowest BCUT2D eigenvalue weighted by Gasteiger charge is -2.32. The van der Waals surface area contributed by atoms with Gasteiger partial charge in [0.2, 0.25) is 0 Å². The molecule has 1 aromatic rings. The molecule has 2 rings (SSSR count). The van der Waals surface area contributed by atoms with Crippen LogP contribution in [0.5, 0.6) is 5.75 Å². The standard InChI is InChI=1S/C14H18F2N2O2/c1-18(10-6-8-17-9-7-10)13(19)11-4-2-3-5-12(11)20-14(15)16/h2-5,10,14,17H,6-9H2,1H3. The van der Waals surface area contributed by atoms with Crippen LogP contribution in [0, 0.1) is 0 Å².